The van der Waals surface area contributed by atoms with Crippen LogP contribution in [0.15, 0.2) is 11.3 Å². The van der Waals surface area contributed by atoms with Gasteiger partial charge in [0.2, 0.25) is 0 Å². The van der Waals surface area contributed by atoms with Crippen LogP contribution in [-0.2, 0) is 4.43 Å². The van der Waals surface area contributed by atoms with E-state index in [1.165, 1.54) is 5.57 Å². The van der Waals surface area contributed by atoms with Gasteiger partial charge < -0.3 is 4.43 Å². The van der Waals surface area contributed by atoms with Crippen molar-refractivity contribution >= 4 is 9.76 Å². The molecule has 0 amide bonds. The van der Waals surface area contributed by atoms with Crippen molar-refractivity contribution in [2.45, 2.75) is 13.8 Å². The molecule has 0 fully saturated rings. The third-order valence-corrected chi connectivity index (χ3v) is 1.40. The Bertz CT molecular complexity index is 64.5. The van der Waals surface area contributed by atoms with Crippen LogP contribution >= 0.6 is 0 Å². The number of allylic oxidation sites excluding steroid dienone is 1. The Kier molecular flexibility index (Phi) is 4.04. The van der Waals surface area contributed by atoms with Gasteiger partial charge in [0.05, 0.1) is 0 Å². The number of hydrogen-bond acceptors (Lipinski definition) is 1. The van der Waals surface area contributed by atoms with Crippen molar-refractivity contribution in [2.24, 2.45) is 0 Å². The van der Waals surface area contributed by atoms with E-state index in [-0.39, 0.29) is 0 Å². The highest BCUT2D eigenvalue weighted by atomic mass is 28.2. The average Bonchev–Trinajstić information content (AvgIpc) is 1.61. The highest BCUT2D eigenvalue weighted by Gasteiger charge is 1.76. The van der Waals surface area contributed by atoms with Gasteiger partial charge in [-0.2, -0.15) is 0 Å². The molecular formula is C5H10OSi. The molecule has 0 atom stereocenters. The van der Waals surface area contributed by atoms with Gasteiger partial charge in [-0.05, 0) is 13.8 Å². The monoisotopic (exact) mass is 114 g/mol. The average molecular weight is 114 g/mol. The minimum atomic E-state index is 0.533. The summed E-state index contributed by atoms with van der Waals surface area (Å²) < 4.78 is 4.80. The first kappa shape index (κ1) is 6.92. The van der Waals surface area contributed by atoms with Gasteiger partial charge in [-0.15, -0.1) is 0 Å². The predicted octanol–water partition coefficient (Wildman–Crippen LogP) is 1.18. The Balaban J connectivity index is 3.08. The van der Waals surface area contributed by atoms with Crippen molar-refractivity contribution in [1.82, 2.24) is 0 Å². The van der Waals surface area contributed by atoms with Crippen LogP contribution in [0.1, 0.15) is 13.8 Å². The highest BCUT2D eigenvalue weighted by molar-refractivity contribution is 6.34. The van der Waals surface area contributed by atoms with Crippen molar-refractivity contribution in [2.75, 3.05) is 7.11 Å². The van der Waals surface area contributed by atoms with Crippen LogP contribution in [0.2, 0.25) is 0 Å². The first-order chi connectivity index (χ1) is 3.27. The molecule has 0 unspecified atom stereocenters. The molecule has 0 saturated heterocycles. The van der Waals surface area contributed by atoms with E-state index in [1.54, 1.807) is 7.11 Å². The lowest BCUT2D eigenvalue weighted by Crippen LogP contribution is -1.87. The Morgan fingerprint density at radius 1 is 1.57 bits per heavy atom. The summed E-state index contributed by atoms with van der Waals surface area (Å²) in [6.45, 7) is 4.12. The minimum Gasteiger partial charge on any atom is -0.415 e. The summed E-state index contributed by atoms with van der Waals surface area (Å²) in [7, 11) is 2.24. The fraction of sp³-hybridized carbons (Fsp3) is 0.600. The van der Waals surface area contributed by atoms with Gasteiger partial charge >= 0.3 is 0 Å². The van der Waals surface area contributed by atoms with Crippen LogP contribution < -0.4 is 0 Å². The largest absolute Gasteiger partial charge is 0.415 e. The molecule has 0 N–H and O–H groups in total. The van der Waals surface area contributed by atoms with Crippen LogP contribution in [0.4, 0.5) is 0 Å². The van der Waals surface area contributed by atoms with Crippen LogP contribution in [0.25, 0.3) is 0 Å². The lowest BCUT2D eigenvalue weighted by Gasteiger charge is -1.85. The van der Waals surface area contributed by atoms with E-state index in [2.05, 4.69) is 19.5 Å². The van der Waals surface area contributed by atoms with Gasteiger partial charge in [0.25, 0.3) is 9.76 Å². The zero-order chi connectivity index (χ0) is 5.70. The number of rotatable bonds is 2. The maximum atomic E-state index is 4.80. The zero-order valence-corrected chi connectivity index (χ0v) is 5.99. The van der Waals surface area contributed by atoms with E-state index >= 15 is 0 Å². The van der Waals surface area contributed by atoms with E-state index in [0.29, 0.717) is 9.76 Å². The highest BCUT2D eigenvalue weighted by Crippen LogP contribution is 1.84. The molecule has 0 bridgehead atoms. The third kappa shape index (κ3) is 5.92. The van der Waals surface area contributed by atoms with Crippen molar-refractivity contribution < 1.29 is 4.43 Å². The lowest BCUT2D eigenvalue weighted by molar-refractivity contribution is 0.449. The molecular weight excluding hydrogens is 104 g/mol. The number of hydrogen-bond donors (Lipinski definition) is 0. The molecule has 0 aliphatic rings. The molecule has 0 spiro atoms. The van der Waals surface area contributed by atoms with Crippen LogP contribution in [-0.4, -0.2) is 16.9 Å². The normalized spacial score (nSPS) is 8.43. The molecule has 0 rings (SSSR count). The third-order valence-electron chi connectivity index (χ3n) is 0.465. The maximum absolute atomic E-state index is 4.80. The molecule has 0 saturated carbocycles. The molecule has 0 aromatic rings. The van der Waals surface area contributed by atoms with Gasteiger partial charge in [0.1, 0.15) is 0 Å². The Morgan fingerprint density at radius 2 is 2.14 bits per heavy atom. The van der Waals surface area contributed by atoms with Gasteiger partial charge in [-0.25, -0.2) is 0 Å². The summed E-state index contributed by atoms with van der Waals surface area (Å²) in [6, 6.07) is 0. The molecule has 7 heavy (non-hydrogen) atoms. The Morgan fingerprint density at radius 3 is 2.29 bits per heavy atom. The summed E-state index contributed by atoms with van der Waals surface area (Å²) in [5.41, 5.74) is 3.39. The van der Waals surface area contributed by atoms with Gasteiger partial charge in [-0.3, -0.25) is 0 Å². The summed E-state index contributed by atoms with van der Waals surface area (Å²) in [6.07, 6.45) is 0. The van der Waals surface area contributed by atoms with E-state index in [0.717, 1.165) is 0 Å². The second-order valence-corrected chi connectivity index (χ2v) is 2.48. The molecule has 1 nitrogen and oxygen atoms in total. The molecule has 2 radical (unpaired) electrons. The predicted molar refractivity (Wildman–Crippen MR) is 32.2 cm³/mol. The second-order valence-electron chi connectivity index (χ2n) is 1.54. The van der Waals surface area contributed by atoms with Crippen LogP contribution in [0, 0.1) is 0 Å². The lowest BCUT2D eigenvalue weighted by atomic mass is 10.4. The van der Waals surface area contributed by atoms with Crippen molar-refractivity contribution in [3.8, 4) is 0 Å². The quantitative estimate of drug-likeness (QED) is 0.490. The summed E-state index contributed by atoms with van der Waals surface area (Å²) in [5.74, 6) is 0. The summed E-state index contributed by atoms with van der Waals surface area (Å²) in [4.78, 5) is 0. The maximum Gasteiger partial charge on any atom is 0.260 e. The first-order valence-corrected chi connectivity index (χ1v) is 3.18. The molecule has 0 heterocycles. The Hall–Kier alpha value is -0.0831. The fourth-order valence-corrected chi connectivity index (χ4v) is 0.530. The molecule has 0 aliphatic heterocycles. The van der Waals surface area contributed by atoms with Crippen molar-refractivity contribution in [1.29, 1.82) is 0 Å². The molecule has 0 aliphatic carbocycles. The Labute approximate surface area is 47.3 Å². The standard InChI is InChI=1S/C5H10OSi/c1-5(2)4-7-6-3/h4H,1-3H3. The smallest absolute Gasteiger partial charge is 0.260 e. The second kappa shape index (κ2) is 4.09. The van der Waals surface area contributed by atoms with E-state index in [1.807, 2.05) is 0 Å². The molecule has 40 valence electrons. The van der Waals surface area contributed by atoms with Gasteiger partial charge in [-0.1, -0.05) is 11.3 Å². The van der Waals surface area contributed by atoms with Crippen molar-refractivity contribution in [3.63, 3.8) is 0 Å². The SMILES string of the molecule is CO[Si]C=C(C)C. The summed E-state index contributed by atoms with van der Waals surface area (Å²) >= 11 is 0. The minimum absolute atomic E-state index is 0.533. The fourth-order valence-electron chi connectivity index (χ4n) is 0.177. The first-order valence-electron chi connectivity index (χ1n) is 2.19. The molecule has 0 aromatic carbocycles. The van der Waals surface area contributed by atoms with E-state index in [9.17, 15) is 0 Å². The van der Waals surface area contributed by atoms with E-state index < -0.39 is 0 Å². The van der Waals surface area contributed by atoms with Gasteiger partial charge in [0, 0.05) is 7.11 Å². The zero-order valence-electron chi connectivity index (χ0n) is 4.99. The van der Waals surface area contributed by atoms with E-state index in [4.69, 9.17) is 4.43 Å². The van der Waals surface area contributed by atoms with Crippen molar-refractivity contribution in [3.05, 3.63) is 11.3 Å². The topological polar surface area (TPSA) is 9.23 Å². The van der Waals surface area contributed by atoms with Crippen LogP contribution in [0.3, 0.4) is 0 Å². The van der Waals surface area contributed by atoms with Crippen LogP contribution in [0.5, 0.6) is 0 Å². The molecule has 2 heteroatoms. The van der Waals surface area contributed by atoms with Gasteiger partial charge in [0.15, 0.2) is 0 Å². The summed E-state index contributed by atoms with van der Waals surface area (Å²) in [5, 5.41) is 0. The molecule has 0 aromatic heterocycles.